The van der Waals surface area contributed by atoms with Gasteiger partial charge in [0.1, 0.15) is 17.3 Å². The smallest absolute Gasteiger partial charge is 0.246 e. The molecular formula is C13H14N2O3. The van der Waals surface area contributed by atoms with E-state index < -0.39 is 11.6 Å². The Kier molecular flexibility index (Phi) is 2.29. The fraction of sp³-hybridized carbons (Fsp3) is 0.385. The number of piperazine rings is 1. The minimum Gasteiger partial charge on any atom is -0.508 e. The minimum absolute atomic E-state index is 0.0779. The molecule has 1 saturated heterocycles. The molecule has 1 heterocycles. The zero-order valence-corrected chi connectivity index (χ0v) is 9.77. The van der Waals surface area contributed by atoms with Gasteiger partial charge in [0.15, 0.2) is 0 Å². The molecule has 3 rings (SSSR count). The molecule has 0 aromatic heterocycles. The number of benzene rings is 1. The van der Waals surface area contributed by atoms with Gasteiger partial charge in [-0.15, -0.1) is 0 Å². The molecule has 5 nitrogen and oxygen atoms in total. The summed E-state index contributed by atoms with van der Waals surface area (Å²) in [5, 5.41) is 14.8. The molecule has 5 heteroatoms. The average Bonchev–Trinajstić information content (AvgIpc) is 3.10. The van der Waals surface area contributed by atoms with Crippen LogP contribution in [0, 0.1) is 0 Å². The van der Waals surface area contributed by atoms with Crippen molar-refractivity contribution in [1.82, 2.24) is 10.6 Å². The van der Waals surface area contributed by atoms with Crippen LogP contribution in [-0.2, 0) is 16.0 Å². The van der Waals surface area contributed by atoms with Crippen molar-refractivity contribution in [3.8, 4) is 5.75 Å². The maximum Gasteiger partial charge on any atom is 0.246 e. The second-order valence-electron chi connectivity index (χ2n) is 4.97. The van der Waals surface area contributed by atoms with E-state index in [-0.39, 0.29) is 17.6 Å². The molecule has 1 aliphatic heterocycles. The van der Waals surface area contributed by atoms with E-state index in [1.165, 1.54) is 0 Å². The summed E-state index contributed by atoms with van der Waals surface area (Å²) in [7, 11) is 0. The summed E-state index contributed by atoms with van der Waals surface area (Å²) in [6.45, 7) is 0. The van der Waals surface area contributed by atoms with Gasteiger partial charge in [0.05, 0.1) is 0 Å². The Balaban J connectivity index is 1.71. The molecule has 1 aromatic rings. The van der Waals surface area contributed by atoms with Crippen molar-refractivity contribution in [3.05, 3.63) is 29.8 Å². The molecule has 1 aromatic carbocycles. The van der Waals surface area contributed by atoms with Gasteiger partial charge in [0, 0.05) is 6.42 Å². The van der Waals surface area contributed by atoms with Crippen molar-refractivity contribution in [1.29, 1.82) is 0 Å². The SMILES string of the molecule is O=C1NC2(CC2)C(=O)NC1Cc1ccc(O)cc1. The predicted molar refractivity (Wildman–Crippen MR) is 63.8 cm³/mol. The van der Waals surface area contributed by atoms with Gasteiger partial charge in [0.2, 0.25) is 11.8 Å². The first-order valence-electron chi connectivity index (χ1n) is 6.00. The number of carbonyl (C=O) groups is 2. The summed E-state index contributed by atoms with van der Waals surface area (Å²) in [4.78, 5) is 23.7. The molecular weight excluding hydrogens is 232 g/mol. The molecule has 1 aliphatic carbocycles. The number of aromatic hydroxyl groups is 1. The number of amides is 2. The lowest BCUT2D eigenvalue weighted by Crippen LogP contribution is -2.63. The van der Waals surface area contributed by atoms with Gasteiger partial charge in [0.25, 0.3) is 0 Å². The van der Waals surface area contributed by atoms with Crippen molar-refractivity contribution in [2.75, 3.05) is 0 Å². The molecule has 3 N–H and O–H groups in total. The topological polar surface area (TPSA) is 78.4 Å². The summed E-state index contributed by atoms with van der Waals surface area (Å²) < 4.78 is 0. The van der Waals surface area contributed by atoms with E-state index in [2.05, 4.69) is 10.6 Å². The second-order valence-corrected chi connectivity index (χ2v) is 4.97. The molecule has 1 spiro atoms. The first-order chi connectivity index (χ1) is 8.59. The first kappa shape index (κ1) is 11.1. The van der Waals surface area contributed by atoms with E-state index in [0.717, 1.165) is 18.4 Å². The Morgan fingerprint density at radius 3 is 2.50 bits per heavy atom. The number of hydrogen-bond acceptors (Lipinski definition) is 3. The number of phenolic OH excluding ortho intramolecular Hbond substituents is 1. The highest BCUT2D eigenvalue weighted by Gasteiger charge is 2.55. The second kappa shape index (κ2) is 3.73. The van der Waals surface area contributed by atoms with Crippen LogP contribution in [0.4, 0.5) is 0 Å². The molecule has 1 saturated carbocycles. The third-order valence-electron chi connectivity index (χ3n) is 3.55. The number of phenols is 1. The maximum atomic E-state index is 11.9. The lowest BCUT2D eigenvalue weighted by molar-refractivity contribution is -0.137. The van der Waals surface area contributed by atoms with Gasteiger partial charge >= 0.3 is 0 Å². The highest BCUT2D eigenvalue weighted by Crippen LogP contribution is 2.37. The van der Waals surface area contributed by atoms with Gasteiger partial charge in [-0.05, 0) is 30.5 Å². The largest absolute Gasteiger partial charge is 0.508 e. The fourth-order valence-corrected chi connectivity index (χ4v) is 2.23. The standard InChI is InChI=1S/C13H14N2O3/c16-9-3-1-8(2-4-9)7-10-11(17)15-13(5-6-13)12(18)14-10/h1-4,10,16H,5-7H2,(H,14,18)(H,15,17). The van der Waals surface area contributed by atoms with Gasteiger partial charge < -0.3 is 15.7 Å². The van der Waals surface area contributed by atoms with Gasteiger partial charge in [-0.25, -0.2) is 0 Å². The van der Waals surface area contributed by atoms with E-state index >= 15 is 0 Å². The summed E-state index contributed by atoms with van der Waals surface area (Å²) in [6, 6.07) is 6.11. The van der Waals surface area contributed by atoms with Gasteiger partial charge in [-0.1, -0.05) is 12.1 Å². The highest BCUT2D eigenvalue weighted by atomic mass is 16.3. The Bertz CT molecular complexity index is 505. The number of carbonyl (C=O) groups excluding carboxylic acids is 2. The van der Waals surface area contributed by atoms with Crippen LogP contribution in [-0.4, -0.2) is 28.5 Å². The molecule has 18 heavy (non-hydrogen) atoms. The van der Waals surface area contributed by atoms with Crippen LogP contribution in [0.15, 0.2) is 24.3 Å². The number of nitrogens with one attached hydrogen (secondary N) is 2. The lowest BCUT2D eigenvalue weighted by Gasteiger charge is -2.29. The summed E-state index contributed by atoms with van der Waals surface area (Å²) >= 11 is 0. The normalized spacial score (nSPS) is 24.6. The molecule has 1 unspecified atom stereocenters. The maximum absolute atomic E-state index is 11.9. The monoisotopic (exact) mass is 246 g/mol. The quantitative estimate of drug-likeness (QED) is 0.691. The Morgan fingerprint density at radius 2 is 1.89 bits per heavy atom. The van der Waals surface area contributed by atoms with Crippen molar-refractivity contribution < 1.29 is 14.7 Å². The Morgan fingerprint density at radius 1 is 1.22 bits per heavy atom. The zero-order chi connectivity index (χ0) is 12.8. The first-order valence-corrected chi connectivity index (χ1v) is 6.00. The molecule has 2 fully saturated rings. The van der Waals surface area contributed by atoms with Gasteiger partial charge in [-0.2, -0.15) is 0 Å². The zero-order valence-electron chi connectivity index (χ0n) is 9.77. The fourth-order valence-electron chi connectivity index (χ4n) is 2.23. The van der Waals surface area contributed by atoms with Crippen LogP contribution < -0.4 is 10.6 Å². The third-order valence-corrected chi connectivity index (χ3v) is 3.55. The average molecular weight is 246 g/mol. The minimum atomic E-state index is -0.609. The summed E-state index contributed by atoms with van der Waals surface area (Å²) in [6.07, 6.45) is 1.90. The van der Waals surface area contributed by atoms with E-state index in [1.807, 2.05) is 0 Å². The molecule has 2 amide bonds. The Labute approximate surface area is 104 Å². The van der Waals surface area contributed by atoms with Crippen LogP contribution in [0.3, 0.4) is 0 Å². The highest BCUT2D eigenvalue weighted by molar-refractivity contribution is 6.01. The van der Waals surface area contributed by atoms with Crippen LogP contribution in [0.1, 0.15) is 18.4 Å². The molecule has 2 aliphatic rings. The van der Waals surface area contributed by atoms with E-state index in [9.17, 15) is 14.7 Å². The van der Waals surface area contributed by atoms with Crippen LogP contribution in [0.25, 0.3) is 0 Å². The molecule has 0 radical (unpaired) electrons. The van der Waals surface area contributed by atoms with Crippen molar-refractivity contribution in [2.24, 2.45) is 0 Å². The van der Waals surface area contributed by atoms with Crippen molar-refractivity contribution in [3.63, 3.8) is 0 Å². The van der Waals surface area contributed by atoms with Crippen molar-refractivity contribution in [2.45, 2.75) is 30.8 Å². The van der Waals surface area contributed by atoms with Crippen LogP contribution in [0.5, 0.6) is 5.75 Å². The summed E-state index contributed by atoms with van der Waals surface area (Å²) in [5.41, 5.74) is 0.294. The summed E-state index contributed by atoms with van der Waals surface area (Å²) in [5.74, 6) is -0.0149. The van der Waals surface area contributed by atoms with Crippen LogP contribution in [0.2, 0.25) is 0 Å². The van der Waals surface area contributed by atoms with Crippen molar-refractivity contribution >= 4 is 11.8 Å². The molecule has 94 valence electrons. The van der Waals surface area contributed by atoms with E-state index in [0.29, 0.717) is 6.42 Å². The molecule has 1 atom stereocenters. The predicted octanol–water partition coefficient (Wildman–Crippen LogP) is 0.0819. The molecule has 0 bridgehead atoms. The van der Waals surface area contributed by atoms with E-state index in [4.69, 9.17) is 0 Å². The van der Waals surface area contributed by atoms with E-state index in [1.54, 1.807) is 24.3 Å². The lowest BCUT2D eigenvalue weighted by atomic mass is 10.0. The van der Waals surface area contributed by atoms with Crippen LogP contribution >= 0.6 is 0 Å². The third kappa shape index (κ3) is 1.81. The van der Waals surface area contributed by atoms with Gasteiger partial charge in [-0.3, -0.25) is 9.59 Å². The number of hydrogen-bond donors (Lipinski definition) is 3. The Hall–Kier alpha value is -2.04. The number of rotatable bonds is 2.